The quantitative estimate of drug-likeness (QED) is 0.730. The summed E-state index contributed by atoms with van der Waals surface area (Å²) in [6, 6.07) is 14.2. The SMILES string of the molecule is COC(=O)C[C@H](NC(=O)c1cccc(S(=O)(=O)N(C)C)c1)c1ccccc1. The van der Waals surface area contributed by atoms with Crippen LogP contribution in [-0.4, -0.2) is 45.8 Å². The minimum atomic E-state index is -3.66. The first-order valence-electron chi connectivity index (χ1n) is 8.21. The van der Waals surface area contributed by atoms with Crippen molar-refractivity contribution in [2.75, 3.05) is 21.2 Å². The van der Waals surface area contributed by atoms with E-state index in [1.165, 1.54) is 45.5 Å². The molecule has 0 bridgehead atoms. The Hall–Kier alpha value is -2.71. The van der Waals surface area contributed by atoms with Crippen LogP contribution in [0.4, 0.5) is 0 Å². The molecule has 144 valence electrons. The number of esters is 1. The molecule has 0 radical (unpaired) electrons. The zero-order valence-corrected chi connectivity index (χ0v) is 16.2. The standard InChI is InChI=1S/C19H22N2O5S/c1-21(2)27(24,25)16-11-7-10-15(12-16)19(23)20-17(13-18(22)26-3)14-8-5-4-6-9-14/h4-12,17H,13H2,1-3H3,(H,20,23)/t17-/m0/s1. The molecule has 1 amide bonds. The smallest absolute Gasteiger partial charge is 0.307 e. The second kappa shape index (κ2) is 8.79. The van der Waals surface area contributed by atoms with E-state index in [-0.39, 0.29) is 16.9 Å². The number of hydrogen-bond donors (Lipinski definition) is 1. The molecule has 8 heteroatoms. The van der Waals surface area contributed by atoms with Crippen molar-refractivity contribution in [3.05, 3.63) is 65.7 Å². The lowest BCUT2D eigenvalue weighted by molar-refractivity contribution is -0.141. The highest BCUT2D eigenvalue weighted by atomic mass is 32.2. The Morgan fingerprint density at radius 2 is 1.74 bits per heavy atom. The predicted octanol–water partition coefficient (Wildman–Crippen LogP) is 1.97. The summed E-state index contributed by atoms with van der Waals surface area (Å²) in [5.41, 5.74) is 0.928. The number of benzene rings is 2. The van der Waals surface area contributed by atoms with Crippen LogP contribution in [0, 0.1) is 0 Å². The molecule has 27 heavy (non-hydrogen) atoms. The second-order valence-corrected chi connectivity index (χ2v) is 8.18. The second-order valence-electron chi connectivity index (χ2n) is 6.03. The number of hydrogen-bond acceptors (Lipinski definition) is 5. The highest BCUT2D eigenvalue weighted by Gasteiger charge is 2.22. The summed E-state index contributed by atoms with van der Waals surface area (Å²) in [6.45, 7) is 0. The van der Waals surface area contributed by atoms with Crippen molar-refractivity contribution in [1.29, 1.82) is 0 Å². The minimum Gasteiger partial charge on any atom is -0.469 e. The Bertz CT molecular complexity index is 911. The third kappa shape index (κ3) is 5.15. The highest BCUT2D eigenvalue weighted by Crippen LogP contribution is 2.19. The zero-order valence-electron chi connectivity index (χ0n) is 15.4. The average molecular weight is 390 g/mol. The van der Waals surface area contributed by atoms with Crippen molar-refractivity contribution in [2.24, 2.45) is 0 Å². The fourth-order valence-electron chi connectivity index (χ4n) is 2.44. The summed E-state index contributed by atoms with van der Waals surface area (Å²) >= 11 is 0. The largest absolute Gasteiger partial charge is 0.469 e. The fourth-order valence-corrected chi connectivity index (χ4v) is 3.39. The van der Waals surface area contributed by atoms with Crippen LogP contribution in [-0.2, 0) is 19.6 Å². The van der Waals surface area contributed by atoms with Crippen LogP contribution < -0.4 is 5.32 Å². The molecule has 0 unspecified atom stereocenters. The van der Waals surface area contributed by atoms with Gasteiger partial charge in [-0.15, -0.1) is 0 Å². The molecule has 0 spiro atoms. The van der Waals surface area contributed by atoms with Gasteiger partial charge in [-0.25, -0.2) is 12.7 Å². The number of sulfonamides is 1. The molecular weight excluding hydrogens is 368 g/mol. The van der Waals surface area contributed by atoms with Crippen molar-refractivity contribution >= 4 is 21.9 Å². The molecule has 2 aromatic rings. The van der Waals surface area contributed by atoms with Crippen LogP contribution in [0.3, 0.4) is 0 Å². The summed E-state index contributed by atoms with van der Waals surface area (Å²) < 4.78 is 30.3. The van der Waals surface area contributed by atoms with Crippen LogP contribution in [0.2, 0.25) is 0 Å². The van der Waals surface area contributed by atoms with Crippen LogP contribution in [0.1, 0.15) is 28.4 Å². The molecule has 0 aliphatic rings. The lowest BCUT2D eigenvalue weighted by atomic mass is 10.0. The Kier molecular flexibility index (Phi) is 6.70. The van der Waals surface area contributed by atoms with E-state index in [1.807, 2.05) is 6.07 Å². The highest BCUT2D eigenvalue weighted by molar-refractivity contribution is 7.89. The predicted molar refractivity (Wildman–Crippen MR) is 101 cm³/mol. The molecule has 2 rings (SSSR count). The summed E-state index contributed by atoms with van der Waals surface area (Å²) in [7, 11) is 0.463. The Morgan fingerprint density at radius 1 is 1.07 bits per heavy atom. The summed E-state index contributed by atoms with van der Waals surface area (Å²) in [5, 5.41) is 2.77. The number of ether oxygens (including phenoxy) is 1. The average Bonchev–Trinajstić information content (AvgIpc) is 2.67. The molecule has 1 atom stereocenters. The van der Waals surface area contributed by atoms with Gasteiger partial charge >= 0.3 is 5.97 Å². The van der Waals surface area contributed by atoms with Gasteiger partial charge in [-0.05, 0) is 23.8 Å². The van der Waals surface area contributed by atoms with E-state index in [4.69, 9.17) is 4.74 Å². The lowest BCUT2D eigenvalue weighted by Gasteiger charge is -2.19. The molecule has 1 N–H and O–H groups in total. The van der Waals surface area contributed by atoms with Crippen molar-refractivity contribution in [3.63, 3.8) is 0 Å². The van der Waals surface area contributed by atoms with Crippen LogP contribution in [0.25, 0.3) is 0 Å². The zero-order chi connectivity index (χ0) is 20.0. The molecule has 7 nitrogen and oxygen atoms in total. The van der Waals surface area contributed by atoms with E-state index < -0.39 is 27.9 Å². The van der Waals surface area contributed by atoms with Gasteiger partial charge in [0, 0.05) is 19.7 Å². The first-order chi connectivity index (χ1) is 12.8. The Labute approximate surface area is 159 Å². The number of nitrogens with zero attached hydrogens (tertiary/aromatic N) is 1. The molecule has 0 aromatic heterocycles. The molecule has 0 saturated heterocycles. The van der Waals surface area contributed by atoms with Gasteiger partial charge in [0.05, 0.1) is 24.5 Å². The molecule has 0 aliphatic carbocycles. The van der Waals surface area contributed by atoms with Crippen LogP contribution >= 0.6 is 0 Å². The third-order valence-corrected chi connectivity index (χ3v) is 5.79. The first kappa shape index (κ1) is 20.6. The van der Waals surface area contributed by atoms with E-state index in [1.54, 1.807) is 24.3 Å². The maximum absolute atomic E-state index is 12.7. The summed E-state index contributed by atoms with van der Waals surface area (Å²) in [4.78, 5) is 24.4. The monoisotopic (exact) mass is 390 g/mol. The maximum atomic E-state index is 12.7. The number of methoxy groups -OCH3 is 1. The molecule has 0 aliphatic heterocycles. The summed E-state index contributed by atoms with van der Waals surface area (Å²) in [5.74, 6) is -0.948. The minimum absolute atomic E-state index is 0.0179. The molecule has 2 aromatic carbocycles. The number of amides is 1. The van der Waals surface area contributed by atoms with Gasteiger partial charge in [-0.2, -0.15) is 0 Å². The van der Waals surface area contributed by atoms with Gasteiger partial charge in [0.1, 0.15) is 0 Å². The fraction of sp³-hybridized carbons (Fsp3) is 0.263. The number of carbonyl (C=O) groups is 2. The number of rotatable bonds is 7. The van der Waals surface area contributed by atoms with E-state index in [9.17, 15) is 18.0 Å². The van der Waals surface area contributed by atoms with Crippen molar-refractivity contribution in [1.82, 2.24) is 9.62 Å². The van der Waals surface area contributed by atoms with Gasteiger partial charge in [-0.3, -0.25) is 9.59 Å². The number of nitrogens with one attached hydrogen (secondary N) is 1. The molecule has 0 saturated carbocycles. The first-order valence-corrected chi connectivity index (χ1v) is 9.65. The summed E-state index contributed by atoms with van der Waals surface area (Å²) in [6.07, 6.45) is -0.0397. The van der Waals surface area contributed by atoms with Crippen molar-refractivity contribution < 1.29 is 22.7 Å². The van der Waals surface area contributed by atoms with E-state index >= 15 is 0 Å². The van der Waals surface area contributed by atoms with E-state index in [2.05, 4.69) is 5.32 Å². The van der Waals surface area contributed by atoms with Gasteiger partial charge in [0.15, 0.2) is 0 Å². The Balaban J connectivity index is 2.29. The molecular formula is C19H22N2O5S. The Morgan fingerprint density at radius 3 is 2.33 bits per heavy atom. The topological polar surface area (TPSA) is 92.8 Å². The van der Waals surface area contributed by atoms with Crippen LogP contribution in [0.5, 0.6) is 0 Å². The van der Waals surface area contributed by atoms with E-state index in [0.29, 0.717) is 0 Å². The molecule has 0 heterocycles. The van der Waals surface area contributed by atoms with Crippen molar-refractivity contribution in [3.8, 4) is 0 Å². The van der Waals surface area contributed by atoms with Gasteiger partial charge in [-0.1, -0.05) is 36.4 Å². The van der Waals surface area contributed by atoms with Gasteiger partial charge in [0.25, 0.3) is 5.91 Å². The third-order valence-electron chi connectivity index (χ3n) is 3.98. The van der Waals surface area contributed by atoms with Gasteiger partial charge in [0.2, 0.25) is 10.0 Å². The van der Waals surface area contributed by atoms with E-state index in [0.717, 1.165) is 9.87 Å². The maximum Gasteiger partial charge on any atom is 0.307 e. The number of carbonyl (C=O) groups excluding carboxylic acids is 2. The normalized spacial score (nSPS) is 12.4. The van der Waals surface area contributed by atoms with Gasteiger partial charge < -0.3 is 10.1 Å². The van der Waals surface area contributed by atoms with Crippen LogP contribution in [0.15, 0.2) is 59.5 Å². The molecule has 0 fully saturated rings. The lowest BCUT2D eigenvalue weighted by Crippen LogP contribution is -2.30. The van der Waals surface area contributed by atoms with Crippen molar-refractivity contribution in [2.45, 2.75) is 17.4 Å².